The molecule has 0 saturated carbocycles. The quantitative estimate of drug-likeness (QED) is 0.769. The number of carboxylic acid groups (broad SMARTS) is 1. The van der Waals surface area contributed by atoms with Crippen molar-refractivity contribution in [2.75, 3.05) is 13.7 Å². The van der Waals surface area contributed by atoms with Crippen molar-refractivity contribution < 1.29 is 19.4 Å². The maximum atomic E-state index is 11.9. The molecule has 1 unspecified atom stereocenters. The number of nitrogens with one attached hydrogen (secondary N) is 1. The third-order valence-electron chi connectivity index (χ3n) is 3.19. The Balaban J connectivity index is 2.55. The highest BCUT2D eigenvalue weighted by atomic mass is 16.5. The van der Waals surface area contributed by atoms with Gasteiger partial charge in [0.05, 0.1) is 19.4 Å². The number of carbonyl (C=O) groups excluding carboxylic acids is 1. The Morgan fingerprint density at radius 3 is 2.52 bits per heavy atom. The van der Waals surface area contributed by atoms with Gasteiger partial charge in [0.1, 0.15) is 5.75 Å². The molecule has 1 aromatic carbocycles. The van der Waals surface area contributed by atoms with E-state index in [9.17, 15) is 9.59 Å². The van der Waals surface area contributed by atoms with Crippen LogP contribution in [0.1, 0.15) is 25.8 Å². The van der Waals surface area contributed by atoms with Gasteiger partial charge in [0.15, 0.2) is 0 Å². The zero-order valence-electron chi connectivity index (χ0n) is 12.8. The minimum absolute atomic E-state index is 0.154. The normalized spacial score (nSPS) is 12.0. The predicted octanol–water partition coefficient (Wildman–Crippen LogP) is 2.10. The molecule has 2 N–H and O–H groups in total. The number of benzene rings is 1. The van der Waals surface area contributed by atoms with Gasteiger partial charge in [-0.25, -0.2) is 0 Å². The van der Waals surface area contributed by atoms with Crippen molar-refractivity contribution in [3.05, 3.63) is 29.8 Å². The second-order valence-corrected chi connectivity index (χ2v) is 5.46. The largest absolute Gasteiger partial charge is 0.496 e. The van der Waals surface area contributed by atoms with Crippen LogP contribution in [0.15, 0.2) is 24.3 Å². The highest BCUT2D eigenvalue weighted by molar-refractivity contribution is 5.80. The van der Waals surface area contributed by atoms with Crippen LogP contribution in [0.2, 0.25) is 0 Å². The Bertz CT molecular complexity index is 485. The predicted molar refractivity (Wildman–Crippen MR) is 80.3 cm³/mol. The fraction of sp³-hybridized carbons (Fsp3) is 0.500. The number of hydrogen-bond donors (Lipinski definition) is 2. The molecule has 0 bridgehead atoms. The Morgan fingerprint density at radius 2 is 1.95 bits per heavy atom. The number of amides is 1. The van der Waals surface area contributed by atoms with Crippen LogP contribution in [-0.2, 0) is 16.0 Å². The van der Waals surface area contributed by atoms with Crippen LogP contribution in [0, 0.1) is 11.8 Å². The van der Waals surface area contributed by atoms with Gasteiger partial charge in [-0.1, -0.05) is 32.0 Å². The first kappa shape index (κ1) is 17.0. The second kappa shape index (κ2) is 8.29. The molecule has 0 fully saturated rings. The molecule has 0 aromatic heterocycles. The Morgan fingerprint density at radius 1 is 1.29 bits per heavy atom. The van der Waals surface area contributed by atoms with Crippen LogP contribution in [-0.4, -0.2) is 30.6 Å². The summed E-state index contributed by atoms with van der Waals surface area (Å²) in [6.07, 6.45) is 0.725. The van der Waals surface area contributed by atoms with E-state index in [2.05, 4.69) is 5.32 Å². The summed E-state index contributed by atoms with van der Waals surface area (Å²) >= 11 is 0. The zero-order chi connectivity index (χ0) is 15.8. The van der Waals surface area contributed by atoms with E-state index >= 15 is 0 Å². The highest BCUT2D eigenvalue weighted by Crippen LogP contribution is 2.17. The zero-order valence-corrected chi connectivity index (χ0v) is 12.8. The Labute approximate surface area is 125 Å². The smallest absolute Gasteiger partial charge is 0.308 e. The number of carbonyl (C=O) groups is 2. The molecule has 0 heterocycles. The van der Waals surface area contributed by atoms with E-state index in [1.807, 2.05) is 32.0 Å². The lowest BCUT2D eigenvalue weighted by Gasteiger charge is -2.15. The molecule has 0 spiro atoms. The SMILES string of the molecule is COc1ccccc1CC(=O)NCC(CC(C)C)C(=O)O. The summed E-state index contributed by atoms with van der Waals surface area (Å²) in [6, 6.07) is 7.29. The van der Waals surface area contributed by atoms with Gasteiger partial charge in [0.2, 0.25) is 5.91 Å². The van der Waals surface area contributed by atoms with Gasteiger partial charge in [-0.2, -0.15) is 0 Å². The van der Waals surface area contributed by atoms with Gasteiger partial charge in [-0.15, -0.1) is 0 Å². The first-order valence-electron chi connectivity index (χ1n) is 7.05. The molecule has 1 atom stereocenters. The Kier molecular flexibility index (Phi) is 6.72. The van der Waals surface area contributed by atoms with Gasteiger partial charge < -0.3 is 15.2 Å². The molecule has 5 heteroatoms. The summed E-state index contributed by atoms with van der Waals surface area (Å²) in [5, 5.41) is 11.8. The summed E-state index contributed by atoms with van der Waals surface area (Å²) in [4.78, 5) is 23.1. The summed E-state index contributed by atoms with van der Waals surface area (Å²) < 4.78 is 5.19. The van der Waals surface area contributed by atoms with E-state index in [1.165, 1.54) is 0 Å². The number of hydrogen-bond acceptors (Lipinski definition) is 3. The van der Waals surface area contributed by atoms with Crippen molar-refractivity contribution in [2.24, 2.45) is 11.8 Å². The monoisotopic (exact) mass is 293 g/mol. The van der Waals surface area contributed by atoms with Crippen molar-refractivity contribution in [2.45, 2.75) is 26.7 Å². The summed E-state index contributed by atoms with van der Waals surface area (Å²) in [7, 11) is 1.56. The van der Waals surface area contributed by atoms with Crippen LogP contribution in [0.4, 0.5) is 0 Å². The van der Waals surface area contributed by atoms with Crippen LogP contribution in [0.3, 0.4) is 0 Å². The van der Waals surface area contributed by atoms with Gasteiger partial charge in [0.25, 0.3) is 0 Å². The van der Waals surface area contributed by atoms with Crippen molar-refractivity contribution in [3.8, 4) is 5.75 Å². The second-order valence-electron chi connectivity index (χ2n) is 5.46. The van der Waals surface area contributed by atoms with E-state index in [-0.39, 0.29) is 24.8 Å². The molecular weight excluding hydrogens is 270 g/mol. The number of para-hydroxylation sites is 1. The lowest BCUT2D eigenvalue weighted by atomic mass is 9.97. The number of ether oxygens (including phenoxy) is 1. The number of methoxy groups -OCH3 is 1. The van der Waals surface area contributed by atoms with E-state index in [4.69, 9.17) is 9.84 Å². The third-order valence-corrected chi connectivity index (χ3v) is 3.19. The van der Waals surface area contributed by atoms with E-state index < -0.39 is 11.9 Å². The molecule has 0 radical (unpaired) electrons. The van der Waals surface area contributed by atoms with Crippen molar-refractivity contribution in [1.82, 2.24) is 5.32 Å². The van der Waals surface area contributed by atoms with E-state index in [0.717, 1.165) is 5.56 Å². The lowest BCUT2D eigenvalue weighted by Crippen LogP contribution is -2.34. The average molecular weight is 293 g/mol. The first-order valence-corrected chi connectivity index (χ1v) is 7.05. The van der Waals surface area contributed by atoms with Gasteiger partial charge in [-0.05, 0) is 18.4 Å². The van der Waals surface area contributed by atoms with Crippen LogP contribution in [0.25, 0.3) is 0 Å². The van der Waals surface area contributed by atoms with Gasteiger partial charge in [0, 0.05) is 12.1 Å². The summed E-state index contributed by atoms with van der Waals surface area (Å²) in [5.74, 6) is -0.691. The number of carboxylic acids is 1. The highest BCUT2D eigenvalue weighted by Gasteiger charge is 2.19. The van der Waals surface area contributed by atoms with Crippen molar-refractivity contribution in [3.63, 3.8) is 0 Å². The van der Waals surface area contributed by atoms with Gasteiger partial charge in [-0.3, -0.25) is 9.59 Å². The van der Waals surface area contributed by atoms with Crippen molar-refractivity contribution >= 4 is 11.9 Å². The van der Waals surface area contributed by atoms with E-state index in [1.54, 1.807) is 13.2 Å². The number of rotatable bonds is 8. The molecule has 21 heavy (non-hydrogen) atoms. The molecule has 0 aliphatic rings. The minimum atomic E-state index is -0.874. The molecule has 0 aliphatic carbocycles. The first-order chi connectivity index (χ1) is 9.93. The molecule has 0 saturated heterocycles. The molecular formula is C16H23NO4. The molecule has 116 valence electrons. The standard InChI is InChI=1S/C16H23NO4/c1-11(2)8-13(16(19)20)10-17-15(18)9-12-6-4-5-7-14(12)21-3/h4-7,11,13H,8-10H2,1-3H3,(H,17,18)(H,19,20). The molecule has 5 nitrogen and oxygen atoms in total. The van der Waals surface area contributed by atoms with E-state index in [0.29, 0.717) is 12.2 Å². The van der Waals surface area contributed by atoms with Gasteiger partial charge >= 0.3 is 5.97 Å². The maximum Gasteiger partial charge on any atom is 0.308 e. The molecule has 1 rings (SSSR count). The summed E-state index contributed by atoms with van der Waals surface area (Å²) in [5.41, 5.74) is 0.785. The summed E-state index contributed by atoms with van der Waals surface area (Å²) in [6.45, 7) is 4.08. The fourth-order valence-corrected chi connectivity index (χ4v) is 2.16. The molecule has 1 amide bonds. The minimum Gasteiger partial charge on any atom is -0.496 e. The topological polar surface area (TPSA) is 75.6 Å². The molecule has 1 aromatic rings. The average Bonchev–Trinajstić information content (AvgIpc) is 2.43. The van der Waals surface area contributed by atoms with Crippen LogP contribution >= 0.6 is 0 Å². The Hall–Kier alpha value is -2.04. The number of aliphatic carboxylic acids is 1. The lowest BCUT2D eigenvalue weighted by molar-refractivity contribution is -0.142. The maximum absolute atomic E-state index is 11.9. The molecule has 0 aliphatic heterocycles. The van der Waals surface area contributed by atoms with Crippen molar-refractivity contribution in [1.29, 1.82) is 0 Å². The van der Waals surface area contributed by atoms with Crippen LogP contribution < -0.4 is 10.1 Å². The third kappa shape index (κ3) is 5.85. The fourth-order valence-electron chi connectivity index (χ4n) is 2.16. The van der Waals surface area contributed by atoms with Crippen LogP contribution in [0.5, 0.6) is 5.75 Å².